The number of aliphatic hydroxyl groups is 1. The number of nitrogens with one attached hydrogen (secondary N) is 2. The Morgan fingerprint density at radius 2 is 1.84 bits per heavy atom. The number of hydrogen-bond donors (Lipinski definition) is 3. The molecule has 1 heterocycles. The van der Waals surface area contributed by atoms with Crippen LogP contribution in [0.2, 0.25) is 0 Å². The molecule has 2 aliphatic rings. The molecule has 2 fully saturated rings. The summed E-state index contributed by atoms with van der Waals surface area (Å²) in [6.07, 6.45) is 8.85. The second kappa shape index (κ2) is 6.23. The largest absolute Gasteiger partial charge is 0.396 e. The van der Waals surface area contributed by atoms with Crippen molar-refractivity contribution in [3.63, 3.8) is 0 Å². The molecule has 4 nitrogen and oxygen atoms in total. The molecule has 19 heavy (non-hydrogen) atoms. The molecule has 1 aliphatic heterocycles. The fourth-order valence-corrected chi connectivity index (χ4v) is 3.41. The van der Waals surface area contributed by atoms with Crippen LogP contribution in [0.3, 0.4) is 0 Å². The summed E-state index contributed by atoms with van der Waals surface area (Å²) < 4.78 is 0. The zero-order chi connectivity index (χ0) is 13.8. The monoisotopic (exact) mass is 268 g/mol. The Balaban J connectivity index is 1.87. The van der Waals surface area contributed by atoms with E-state index in [1.807, 2.05) is 6.92 Å². The van der Waals surface area contributed by atoms with Crippen LogP contribution in [0.1, 0.15) is 58.3 Å². The molecule has 1 aliphatic carbocycles. The summed E-state index contributed by atoms with van der Waals surface area (Å²) in [4.78, 5) is 12.4. The predicted octanol–water partition coefficient (Wildman–Crippen LogP) is 1.58. The second-order valence-electron chi connectivity index (χ2n) is 6.62. The van der Waals surface area contributed by atoms with E-state index in [1.165, 1.54) is 19.3 Å². The lowest BCUT2D eigenvalue weighted by Crippen LogP contribution is -2.58. The van der Waals surface area contributed by atoms with Crippen LogP contribution in [0, 0.1) is 5.41 Å². The molecule has 0 radical (unpaired) electrons. The first-order valence-corrected chi connectivity index (χ1v) is 7.75. The molecule has 0 aromatic carbocycles. The van der Waals surface area contributed by atoms with E-state index in [0.717, 1.165) is 38.6 Å². The Morgan fingerprint density at radius 3 is 2.42 bits per heavy atom. The van der Waals surface area contributed by atoms with Crippen LogP contribution in [0.4, 0.5) is 0 Å². The lowest BCUT2D eigenvalue weighted by molar-refractivity contribution is -0.128. The van der Waals surface area contributed by atoms with Gasteiger partial charge in [-0.1, -0.05) is 19.3 Å². The molecule has 4 heteroatoms. The molecule has 0 spiro atoms. The number of rotatable bonds is 4. The van der Waals surface area contributed by atoms with Crippen molar-refractivity contribution in [1.29, 1.82) is 0 Å². The maximum absolute atomic E-state index is 12.4. The highest BCUT2D eigenvalue weighted by Crippen LogP contribution is 2.35. The molecule has 0 bridgehead atoms. The Bertz CT molecular complexity index is 305. The van der Waals surface area contributed by atoms with Crippen LogP contribution >= 0.6 is 0 Å². The minimum atomic E-state index is -0.413. The lowest BCUT2D eigenvalue weighted by atomic mass is 9.74. The van der Waals surface area contributed by atoms with E-state index in [1.54, 1.807) is 0 Å². The highest BCUT2D eigenvalue weighted by Gasteiger charge is 2.37. The number of amides is 1. The van der Waals surface area contributed by atoms with Crippen molar-refractivity contribution in [3.05, 3.63) is 0 Å². The average Bonchev–Trinajstić information content (AvgIpc) is 2.46. The average molecular weight is 268 g/mol. The van der Waals surface area contributed by atoms with E-state index in [4.69, 9.17) is 0 Å². The zero-order valence-electron chi connectivity index (χ0n) is 12.1. The first-order valence-electron chi connectivity index (χ1n) is 7.75. The summed E-state index contributed by atoms with van der Waals surface area (Å²) in [7, 11) is 0. The van der Waals surface area contributed by atoms with Gasteiger partial charge in [-0.25, -0.2) is 0 Å². The molecule has 1 saturated heterocycles. The smallest absolute Gasteiger partial charge is 0.240 e. The molecule has 1 amide bonds. The summed E-state index contributed by atoms with van der Waals surface area (Å²) in [5, 5.41) is 16.1. The van der Waals surface area contributed by atoms with Gasteiger partial charge in [0.1, 0.15) is 0 Å². The van der Waals surface area contributed by atoms with Crippen molar-refractivity contribution in [2.24, 2.45) is 5.41 Å². The highest BCUT2D eigenvalue weighted by atomic mass is 16.3. The SMILES string of the molecule is CC1(C(=O)NCC2(CO)CCCCC2)CCCCN1. The third kappa shape index (κ3) is 3.48. The van der Waals surface area contributed by atoms with Gasteiger partial charge >= 0.3 is 0 Å². The summed E-state index contributed by atoms with van der Waals surface area (Å²) in [5.41, 5.74) is -0.484. The molecular formula is C15H28N2O2. The predicted molar refractivity (Wildman–Crippen MR) is 75.9 cm³/mol. The van der Waals surface area contributed by atoms with Gasteiger partial charge in [0.15, 0.2) is 0 Å². The molecule has 1 saturated carbocycles. The molecule has 0 aromatic heterocycles. The fourth-order valence-electron chi connectivity index (χ4n) is 3.41. The van der Waals surface area contributed by atoms with Gasteiger partial charge in [0.2, 0.25) is 5.91 Å². The molecule has 1 unspecified atom stereocenters. The van der Waals surface area contributed by atoms with E-state index in [2.05, 4.69) is 10.6 Å². The van der Waals surface area contributed by atoms with Gasteiger partial charge < -0.3 is 15.7 Å². The number of carbonyl (C=O) groups is 1. The van der Waals surface area contributed by atoms with Gasteiger partial charge in [-0.2, -0.15) is 0 Å². The van der Waals surface area contributed by atoms with E-state index in [0.29, 0.717) is 6.54 Å². The van der Waals surface area contributed by atoms with Crippen molar-refractivity contribution >= 4 is 5.91 Å². The van der Waals surface area contributed by atoms with Crippen LogP contribution in [0.5, 0.6) is 0 Å². The summed E-state index contributed by atoms with van der Waals surface area (Å²) in [5.74, 6) is 0.102. The van der Waals surface area contributed by atoms with E-state index >= 15 is 0 Å². The summed E-state index contributed by atoms with van der Waals surface area (Å²) >= 11 is 0. The van der Waals surface area contributed by atoms with Crippen molar-refractivity contribution in [2.75, 3.05) is 19.7 Å². The summed E-state index contributed by atoms with van der Waals surface area (Å²) in [6.45, 7) is 3.74. The third-order valence-electron chi connectivity index (χ3n) is 4.99. The minimum Gasteiger partial charge on any atom is -0.396 e. The lowest BCUT2D eigenvalue weighted by Gasteiger charge is -2.38. The first kappa shape index (κ1) is 14.8. The van der Waals surface area contributed by atoms with Gasteiger partial charge in [-0.05, 0) is 45.6 Å². The fraction of sp³-hybridized carbons (Fsp3) is 0.933. The Labute approximate surface area is 116 Å². The Kier molecular flexibility index (Phi) is 4.85. The van der Waals surface area contributed by atoms with Gasteiger partial charge in [-0.15, -0.1) is 0 Å². The first-order chi connectivity index (χ1) is 9.10. The number of hydrogen-bond acceptors (Lipinski definition) is 3. The minimum absolute atomic E-state index is 0.0705. The van der Waals surface area contributed by atoms with Gasteiger partial charge in [0.25, 0.3) is 0 Å². The van der Waals surface area contributed by atoms with Crippen LogP contribution in [0.25, 0.3) is 0 Å². The topological polar surface area (TPSA) is 61.4 Å². The van der Waals surface area contributed by atoms with Crippen molar-refractivity contribution in [1.82, 2.24) is 10.6 Å². The molecule has 110 valence electrons. The molecule has 2 rings (SSSR count). The van der Waals surface area contributed by atoms with Crippen molar-refractivity contribution in [2.45, 2.75) is 63.8 Å². The van der Waals surface area contributed by atoms with E-state index in [9.17, 15) is 9.90 Å². The third-order valence-corrected chi connectivity index (χ3v) is 4.99. The van der Waals surface area contributed by atoms with Crippen molar-refractivity contribution in [3.8, 4) is 0 Å². The van der Waals surface area contributed by atoms with Crippen LogP contribution < -0.4 is 10.6 Å². The van der Waals surface area contributed by atoms with Crippen LogP contribution in [-0.2, 0) is 4.79 Å². The Morgan fingerprint density at radius 1 is 1.16 bits per heavy atom. The zero-order valence-corrected chi connectivity index (χ0v) is 12.1. The second-order valence-corrected chi connectivity index (χ2v) is 6.62. The number of carbonyl (C=O) groups excluding carboxylic acids is 1. The normalized spacial score (nSPS) is 30.8. The van der Waals surface area contributed by atoms with Gasteiger partial charge in [0.05, 0.1) is 12.1 Å². The maximum atomic E-state index is 12.4. The summed E-state index contributed by atoms with van der Waals surface area (Å²) in [6, 6.07) is 0. The van der Waals surface area contributed by atoms with Crippen molar-refractivity contribution < 1.29 is 9.90 Å². The standard InChI is InChI=1S/C15H28N2O2/c1-14(7-5-6-10-17-14)13(19)16-11-15(12-18)8-3-2-4-9-15/h17-18H,2-12H2,1H3,(H,16,19). The molecule has 0 aromatic rings. The van der Waals surface area contributed by atoms with Gasteiger partial charge in [-0.3, -0.25) is 4.79 Å². The van der Waals surface area contributed by atoms with Crippen LogP contribution in [-0.4, -0.2) is 36.2 Å². The van der Waals surface area contributed by atoms with Crippen LogP contribution in [0.15, 0.2) is 0 Å². The Hall–Kier alpha value is -0.610. The maximum Gasteiger partial charge on any atom is 0.240 e. The van der Waals surface area contributed by atoms with E-state index < -0.39 is 5.54 Å². The molecule has 3 N–H and O–H groups in total. The molecule has 1 atom stereocenters. The highest BCUT2D eigenvalue weighted by molar-refractivity contribution is 5.86. The number of piperidine rings is 1. The van der Waals surface area contributed by atoms with E-state index in [-0.39, 0.29) is 17.9 Å². The number of aliphatic hydroxyl groups excluding tert-OH is 1. The molecular weight excluding hydrogens is 240 g/mol. The van der Waals surface area contributed by atoms with Gasteiger partial charge in [0, 0.05) is 12.0 Å². The quantitative estimate of drug-likeness (QED) is 0.725.